The number of hydrogen-bond acceptors (Lipinski definition) is 4. The fourth-order valence-corrected chi connectivity index (χ4v) is 9.07. The molecular formula is C51H37N3O. The molecule has 4 atom stereocenters. The minimum atomic E-state index is 0.133. The van der Waals surface area contributed by atoms with Gasteiger partial charge in [-0.15, -0.1) is 0 Å². The number of allylic oxidation sites excluding steroid dienone is 18. The molecule has 4 aromatic carbocycles. The average Bonchev–Trinajstić information content (AvgIpc) is 3.65. The lowest BCUT2D eigenvalue weighted by Crippen LogP contribution is -2.22. The fourth-order valence-electron chi connectivity index (χ4n) is 9.07. The zero-order valence-electron chi connectivity index (χ0n) is 30.2. The Morgan fingerprint density at radius 1 is 0.564 bits per heavy atom. The van der Waals surface area contributed by atoms with E-state index in [1.54, 1.807) is 0 Å². The van der Waals surface area contributed by atoms with E-state index in [1.807, 2.05) is 0 Å². The van der Waals surface area contributed by atoms with Gasteiger partial charge < -0.3 is 4.42 Å². The Kier molecular flexibility index (Phi) is 7.54. The summed E-state index contributed by atoms with van der Waals surface area (Å²) in [5.74, 6) is 4.06. The SMILES string of the molecule is C1=CC2C=CC(c3nc(C4=CC=CC5C4=CC=CC5C4=CCCc5oc6ccccc6c54)nc(-c4ccc(-c5cccc6ccccc56)cc4)n3)=CC2C=C1. The third-order valence-electron chi connectivity index (χ3n) is 11.8. The molecule has 5 aliphatic carbocycles. The zero-order valence-corrected chi connectivity index (χ0v) is 30.2. The van der Waals surface area contributed by atoms with Gasteiger partial charge in [-0.25, -0.2) is 15.0 Å². The number of furan rings is 1. The van der Waals surface area contributed by atoms with Gasteiger partial charge in [0.15, 0.2) is 17.5 Å². The molecule has 0 saturated carbocycles. The molecule has 55 heavy (non-hydrogen) atoms. The van der Waals surface area contributed by atoms with Crippen LogP contribution in [-0.4, -0.2) is 15.0 Å². The van der Waals surface area contributed by atoms with E-state index in [0.29, 0.717) is 23.4 Å². The van der Waals surface area contributed by atoms with Crippen molar-refractivity contribution in [1.82, 2.24) is 15.0 Å². The van der Waals surface area contributed by atoms with Crippen molar-refractivity contribution in [2.75, 3.05) is 0 Å². The topological polar surface area (TPSA) is 51.8 Å². The summed E-state index contributed by atoms with van der Waals surface area (Å²) in [6.07, 6.45) is 33.4. The molecule has 0 radical (unpaired) electrons. The van der Waals surface area contributed by atoms with Crippen molar-refractivity contribution in [3.8, 4) is 22.5 Å². The first-order chi connectivity index (χ1) is 27.2. The van der Waals surface area contributed by atoms with Crippen LogP contribution in [0.4, 0.5) is 0 Å². The van der Waals surface area contributed by atoms with Crippen molar-refractivity contribution >= 4 is 38.5 Å². The quantitative estimate of drug-likeness (QED) is 0.179. The molecule has 0 amide bonds. The lowest BCUT2D eigenvalue weighted by Gasteiger charge is -2.33. The molecule has 4 heteroatoms. The first-order valence-electron chi connectivity index (χ1n) is 19.3. The van der Waals surface area contributed by atoms with Crippen LogP contribution in [0.25, 0.3) is 61.0 Å². The summed E-state index contributed by atoms with van der Waals surface area (Å²) < 4.78 is 6.39. The van der Waals surface area contributed by atoms with Crippen LogP contribution in [0.15, 0.2) is 186 Å². The molecule has 0 fully saturated rings. The van der Waals surface area contributed by atoms with Crippen LogP contribution in [0.3, 0.4) is 0 Å². The van der Waals surface area contributed by atoms with E-state index in [2.05, 4.69) is 176 Å². The van der Waals surface area contributed by atoms with Crippen molar-refractivity contribution < 1.29 is 4.42 Å². The van der Waals surface area contributed by atoms with E-state index in [-0.39, 0.29) is 17.8 Å². The summed E-state index contributed by atoms with van der Waals surface area (Å²) in [5, 5.41) is 3.67. The average molecular weight is 708 g/mol. The van der Waals surface area contributed by atoms with Crippen LogP contribution in [0.5, 0.6) is 0 Å². The van der Waals surface area contributed by atoms with Gasteiger partial charge in [0.2, 0.25) is 0 Å². The summed E-state index contributed by atoms with van der Waals surface area (Å²) in [4.78, 5) is 15.7. The Labute approximate surface area is 320 Å². The summed E-state index contributed by atoms with van der Waals surface area (Å²) in [6.45, 7) is 0. The highest BCUT2D eigenvalue weighted by atomic mass is 16.3. The first-order valence-corrected chi connectivity index (χ1v) is 19.3. The summed E-state index contributed by atoms with van der Waals surface area (Å²) in [5.41, 5.74) is 10.2. The molecule has 4 unspecified atom stereocenters. The fraction of sp³-hybridized carbons (Fsp3) is 0.118. The highest BCUT2D eigenvalue weighted by molar-refractivity contribution is 5.97. The zero-order chi connectivity index (χ0) is 36.3. The van der Waals surface area contributed by atoms with E-state index in [1.165, 1.54) is 38.4 Å². The lowest BCUT2D eigenvalue weighted by atomic mass is 9.70. The highest BCUT2D eigenvalue weighted by Gasteiger charge is 2.35. The van der Waals surface area contributed by atoms with Crippen LogP contribution in [0, 0.1) is 23.7 Å². The number of rotatable bonds is 5. The van der Waals surface area contributed by atoms with Gasteiger partial charge in [0.1, 0.15) is 11.3 Å². The molecule has 0 N–H and O–H groups in total. The van der Waals surface area contributed by atoms with Gasteiger partial charge in [-0.05, 0) is 45.5 Å². The Morgan fingerprint density at radius 2 is 1.29 bits per heavy atom. The van der Waals surface area contributed by atoms with Crippen LogP contribution in [0.1, 0.15) is 29.4 Å². The molecule has 0 saturated heterocycles. The lowest BCUT2D eigenvalue weighted by molar-refractivity contribution is 0.541. The van der Waals surface area contributed by atoms with E-state index in [0.717, 1.165) is 46.5 Å². The first kappa shape index (κ1) is 31.8. The van der Waals surface area contributed by atoms with Crippen LogP contribution in [-0.2, 0) is 6.42 Å². The molecule has 4 nitrogen and oxygen atoms in total. The van der Waals surface area contributed by atoms with Gasteiger partial charge in [0, 0.05) is 57.8 Å². The maximum atomic E-state index is 6.39. The minimum absolute atomic E-state index is 0.133. The van der Waals surface area contributed by atoms with Gasteiger partial charge >= 0.3 is 0 Å². The molecule has 2 heterocycles. The number of aryl methyl sites for hydroxylation is 1. The number of fused-ring (bicyclic) bond motifs is 6. The third kappa shape index (κ3) is 5.48. The molecule has 0 aliphatic heterocycles. The molecule has 262 valence electrons. The summed E-state index contributed by atoms with van der Waals surface area (Å²) in [7, 11) is 0. The molecule has 5 aliphatic rings. The molecule has 2 aromatic heterocycles. The minimum Gasteiger partial charge on any atom is -0.460 e. The van der Waals surface area contributed by atoms with E-state index in [4.69, 9.17) is 19.4 Å². The number of para-hydroxylation sites is 1. The van der Waals surface area contributed by atoms with Gasteiger partial charge in [-0.2, -0.15) is 0 Å². The molecule has 11 rings (SSSR count). The van der Waals surface area contributed by atoms with E-state index in [9.17, 15) is 0 Å². The normalized spacial score (nSPS) is 22.1. The number of benzene rings is 4. The van der Waals surface area contributed by atoms with Gasteiger partial charge in [-0.1, -0.05) is 170 Å². The number of hydrogen-bond donors (Lipinski definition) is 0. The maximum absolute atomic E-state index is 6.39. The Hall–Kier alpha value is -6.65. The van der Waals surface area contributed by atoms with Gasteiger partial charge in [0.05, 0.1) is 0 Å². The third-order valence-corrected chi connectivity index (χ3v) is 11.8. The van der Waals surface area contributed by atoms with Crippen molar-refractivity contribution in [1.29, 1.82) is 0 Å². The second-order valence-electron chi connectivity index (χ2n) is 14.9. The van der Waals surface area contributed by atoms with Crippen molar-refractivity contribution in [2.45, 2.75) is 12.8 Å². The predicted octanol–water partition coefficient (Wildman–Crippen LogP) is 12.1. The number of nitrogens with zero attached hydrogens (tertiary/aromatic N) is 3. The van der Waals surface area contributed by atoms with Gasteiger partial charge in [-0.3, -0.25) is 0 Å². The van der Waals surface area contributed by atoms with Crippen LogP contribution < -0.4 is 0 Å². The summed E-state index contributed by atoms with van der Waals surface area (Å²) in [6, 6.07) is 32.2. The molecular weight excluding hydrogens is 671 g/mol. The largest absolute Gasteiger partial charge is 0.460 e. The van der Waals surface area contributed by atoms with E-state index < -0.39 is 0 Å². The smallest absolute Gasteiger partial charge is 0.164 e. The second-order valence-corrected chi connectivity index (χ2v) is 14.9. The van der Waals surface area contributed by atoms with Crippen molar-refractivity contribution in [2.24, 2.45) is 23.7 Å². The number of aromatic nitrogens is 3. The summed E-state index contributed by atoms with van der Waals surface area (Å²) >= 11 is 0. The maximum Gasteiger partial charge on any atom is 0.164 e. The predicted molar refractivity (Wildman–Crippen MR) is 224 cm³/mol. The molecule has 0 spiro atoms. The van der Waals surface area contributed by atoms with Crippen molar-refractivity contribution in [3.05, 3.63) is 205 Å². The molecule has 0 bridgehead atoms. The second kappa shape index (κ2) is 13.0. The van der Waals surface area contributed by atoms with Crippen LogP contribution >= 0.6 is 0 Å². The van der Waals surface area contributed by atoms with Gasteiger partial charge in [0.25, 0.3) is 0 Å². The Morgan fingerprint density at radius 3 is 2.20 bits per heavy atom. The Balaban J connectivity index is 0.993. The van der Waals surface area contributed by atoms with E-state index >= 15 is 0 Å². The standard InChI is InChI=1S/C51H37N3O/c1-2-13-36-31-37(30-25-32(36)11-1)50-52-49(35-28-26-34(27-29-35)39-17-7-14-33-12-3-4-15-38(33)39)53-51(54-50)44-22-9-18-40-41(19-8-20-42(40)44)43-21-10-24-47-48(43)45-16-5-6-23-46(45)55-47/h1-9,11-23,25-32,36,40-41H,10,24H2. The van der Waals surface area contributed by atoms with Crippen LogP contribution in [0.2, 0.25) is 0 Å². The Bertz CT molecular complexity index is 2830. The highest BCUT2D eigenvalue weighted by Crippen LogP contribution is 2.48. The monoisotopic (exact) mass is 707 g/mol. The molecule has 6 aromatic rings. The van der Waals surface area contributed by atoms with Crippen molar-refractivity contribution in [3.63, 3.8) is 0 Å².